The van der Waals surface area contributed by atoms with Crippen LogP contribution in [0.15, 0.2) is 6.20 Å². The molecule has 2 N–H and O–H groups in total. The highest BCUT2D eigenvalue weighted by Crippen LogP contribution is 2.16. The maximum atomic E-state index is 11.2. The second-order valence-electron chi connectivity index (χ2n) is 2.96. The molecule has 1 rings (SSSR count). The van der Waals surface area contributed by atoms with E-state index in [-0.39, 0.29) is 11.4 Å². The number of hydrogen-bond donors (Lipinski definition) is 1. The summed E-state index contributed by atoms with van der Waals surface area (Å²) in [5.41, 5.74) is 5.84. The summed E-state index contributed by atoms with van der Waals surface area (Å²) in [4.78, 5) is 11.2. The van der Waals surface area contributed by atoms with Gasteiger partial charge in [-0.1, -0.05) is 6.92 Å². The molecule has 0 spiro atoms. The molecule has 1 aromatic rings. The molecule has 0 aliphatic rings. The van der Waals surface area contributed by atoms with Crippen molar-refractivity contribution >= 4 is 11.7 Å². The number of nitrogens with two attached hydrogens (primary N) is 1. The monoisotopic (exact) mass is 208 g/mol. The Morgan fingerprint density at radius 2 is 2.53 bits per heavy atom. The Bertz CT molecular complexity index is 405. The van der Waals surface area contributed by atoms with E-state index >= 15 is 0 Å². The largest absolute Gasteiger partial charge is 0.464 e. The number of carbonyl (C=O) groups excluding carboxylic acids is 1. The number of rotatable bonds is 3. The first-order valence-electron chi connectivity index (χ1n) is 4.46. The normalized spacial score (nSPS) is 11.8. The standard InChI is InChI=1S/C9H12N4O2/c1-3-6(4-10)13-5-7(11)8(12-13)9(14)15-2/h5-6H,3,11H2,1-2H3. The van der Waals surface area contributed by atoms with Gasteiger partial charge in [0, 0.05) is 0 Å². The lowest BCUT2D eigenvalue weighted by Crippen LogP contribution is -2.09. The van der Waals surface area contributed by atoms with Gasteiger partial charge in [0.1, 0.15) is 6.04 Å². The van der Waals surface area contributed by atoms with Gasteiger partial charge in [0.05, 0.1) is 25.1 Å². The molecule has 0 saturated heterocycles. The van der Waals surface area contributed by atoms with E-state index in [0.29, 0.717) is 6.42 Å². The first-order chi connectivity index (χ1) is 7.13. The van der Waals surface area contributed by atoms with Crippen LogP contribution >= 0.6 is 0 Å². The molecule has 80 valence electrons. The van der Waals surface area contributed by atoms with Crippen LogP contribution in [0.3, 0.4) is 0 Å². The van der Waals surface area contributed by atoms with Crippen LogP contribution in [0.4, 0.5) is 5.69 Å². The maximum Gasteiger partial charge on any atom is 0.360 e. The number of nitriles is 1. The fourth-order valence-corrected chi connectivity index (χ4v) is 1.16. The van der Waals surface area contributed by atoms with Crippen LogP contribution in [-0.4, -0.2) is 22.9 Å². The maximum absolute atomic E-state index is 11.2. The number of ether oxygens (including phenoxy) is 1. The summed E-state index contributed by atoms with van der Waals surface area (Å²) < 4.78 is 5.88. The molecule has 0 saturated carbocycles. The molecule has 1 atom stereocenters. The summed E-state index contributed by atoms with van der Waals surface area (Å²) in [6.07, 6.45) is 2.06. The first kappa shape index (κ1) is 11.0. The van der Waals surface area contributed by atoms with Gasteiger partial charge < -0.3 is 10.5 Å². The molecule has 6 nitrogen and oxygen atoms in total. The van der Waals surface area contributed by atoms with Gasteiger partial charge in [-0.2, -0.15) is 10.4 Å². The minimum atomic E-state index is -0.598. The Hall–Kier alpha value is -2.03. The van der Waals surface area contributed by atoms with Gasteiger partial charge in [0.2, 0.25) is 0 Å². The molecular formula is C9H12N4O2. The summed E-state index contributed by atoms with van der Waals surface area (Å²) in [6, 6.07) is 1.65. The van der Waals surface area contributed by atoms with Crippen molar-refractivity contribution in [3.63, 3.8) is 0 Å². The molecule has 1 unspecified atom stereocenters. The third-order valence-electron chi connectivity index (χ3n) is 1.99. The van der Waals surface area contributed by atoms with Gasteiger partial charge in [-0.3, -0.25) is 4.68 Å². The summed E-state index contributed by atoms with van der Waals surface area (Å²) in [5.74, 6) is -0.598. The zero-order valence-corrected chi connectivity index (χ0v) is 8.60. The fourth-order valence-electron chi connectivity index (χ4n) is 1.16. The lowest BCUT2D eigenvalue weighted by atomic mass is 10.2. The number of aromatic nitrogens is 2. The van der Waals surface area contributed by atoms with Gasteiger partial charge in [-0.15, -0.1) is 0 Å². The molecule has 0 aliphatic carbocycles. The van der Waals surface area contributed by atoms with Crippen molar-refractivity contribution in [3.05, 3.63) is 11.9 Å². The van der Waals surface area contributed by atoms with E-state index in [9.17, 15) is 4.79 Å². The number of anilines is 1. The predicted molar refractivity (Wildman–Crippen MR) is 52.9 cm³/mol. The Morgan fingerprint density at radius 3 is 3.00 bits per heavy atom. The predicted octanol–water partition coefficient (Wildman–Crippen LogP) is 0.727. The topological polar surface area (TPSA) is 93.9 Å². The summed E-state index contributed by atoms with van der Waals surface area (Å²) in [7, 11) is 1.25. The van der Waals surface area contributed by atoms with Gasteiger partial charge in [0.15, 0.2) is 5.69 Å². The Labute approximate surface area is 87.2 Å². The van der Waals surface area contributed by atoms with Crippen molar-refractivity contribution in [2.45, 2.75) is 19.4 Å². The van der Waals surface area contributed by atoms with Crippen molar-refractivity contribution in [2.24, 2.45) is 0 Å². The summed E-state index contributed by atoms with van der Waals surface area (Å²) in [5, 5.41) is 12.7. The highest BCUT2D eigenvalue weighted by atomic mass is 16.5. The molecule has 0 fully saturated rings. The van der Waals surface area contributed by atoms with E-state index in [1.807, 2.05) is 6.92 Å². The molecule has 0 amide bonds. The van der Waals surface area contributed by atoms with Crippen molar-refractivity contribution in [1.82, 2.24) is 9.78 Å². The number of nitrogen functional groups attached to an aromatic ring is 1. The Balaban J connectivity index is 3.06. The first-order valence-corrected chi connectivity index (χ1v) is 4.46. The lowest BCUT2D eigenvalue weighted by Gasteiger charge is -2.04. The highest BCUT2D eigenvalue weighted by molar-refractivity contribution is 5.92. The van der Waals surface area contributed by atoms with Crippen LogP contribution in [-0.2, 0) is 4.74 Å². The van der Waals surface area contributed by atoms with E-state index < -0.39 is 12.0 Å². The van der Waals surface area contributed by atoms with Crippen LogP contribution in [0.2, 0.25) is 0 Å². The number of nitrogens with zero attached hydrogens (tertiary/aromatic N) is 3. The summed E-state index contributed by atoms with van der Waals surface area (Å²) in [6.45, 7) is 1.85. The zero-order chi connectivity index (χ0) is 11.4. The van der Waals surface area contributed by atoms with Crippen LogP contribution in [0.5, 0.6) is 0 Å². The van der Waals surface area contributed by atoms with E-state index in [0.717, 1.165) is 0 Å². The molecule has 0 bridgehead atoms. The van der Waals surface area contributed by atoms with E-state index in [4.69, 9.17) is 11.0 Å². The minimum absolute atomic E-state index is 0.0474. The fraction of sp³-hybridized carbons (Fsp3) is 0.444. The van der Waals surface area contributed by atoms with Crippen molar-refractivity contribution < 1.29 is 9.53 Å². The van der Waals surface area contributed by atoms with Crippen LogP contribution in [0, 0.1) is 11.3 Å². The van der Waals surface area contributed by atoms with Crippen LogP contribution in [0.25, 0.3) is 0 Å². The van der Waals surface area contributed by atoms with E-state index in [1.165, 1.54) is 18.0 Å². The van der Waals surface area contributed by atoms with Crippen LogP contribution in [0.1, 0.15) is 29.9 Å². The van der Waals surface area contributed by atoms with Gasteiger partial charge >= 0.3 is 5.97 Å². The molecule has 15 heavy (non-hydrogen) atoms. The van der Waals surface area contributed by atoms with Crippen molar-refractivity contribution in [1.29, 1.82) is 5.26 Å². The van der Waals surface area contributed by atoms with Crippen LogP contribution < -0.4 is 5.73 Å². The number of methoxy groups -OCH3 is 1. The number of hydrogen-bond acceptors (Lipinski definition) is 5. The number of esters is 1. The molecular weight excluding hydrogens is 196 g/mol. The average molecular weight is 208 g/mol. The van der Waals surface area contributed by atoms with E-state index in [2.05, 4.69) is 15.9 Å². The van der Waals surface area contributed by atoms with Crippen molar-refractivity contribution in [2.75, 3.05) is 12.8 Å². The second-order valence-corrected chi connectivity index (χ2v) is 2.96. The molecule has 0 aliphatic heterocycles. The lowest BCUT2D eigenvalue weighted by molar-refractivity contribution is 0.0594. The molecule has 0 aromatic carbocycles. The molecule has 6 heteroatoms. The quantitative estimate of drug-likeness (QED) is 0.739. The van der Waals surface area contributed by atoms with Gasteiger partial charge in [-0.05, 0) is 6.42 Å². The molecule has 1 heterocycles. The SMILES string of the molecule is CCC(C#N)n1cc(N)c(C(=O)OC)n1. The zero-order valence-electron chi connectivity index (χ0n) is 8.60. The summed E-state index contributed by atoms with van der Waals surface area (Å²) >= 11 is 0. The van der Waals surface area contributed by atoms with Gasteiger partial charge in [-0.25, -0.2) is 4.79 Å². The molecule has 1 aromatic heterocycles. The number of carbonyl (C=O) groups is 1. The van der Waals surface area contributed by atoms with E-state index in [1.54, 1.807) is 0 Å². The minimum Gasteiger partial charge on any atom is -0.464 e. The second kappa shape index (κ2) is 4.46. The third kappa shape index (κ3) is 2.07. The van der Waals surface area contributed by atoms with Crippen molar-refractivity contribution in [3.8, 4) is 6.07 Å². The third-order valence-corrected chi connectivity index (χ3v) is 1.99. The smallest absolute Gasteiger partial charge is 0.360 e. The molecule has 0 radical (unpaired) electrons. The average Bonchev–Trinajstić information content (AvgIpc) is 2.61. The Morgan fingerprint density at radius 1 is 1.87 bits per heavy atom. The van der Waals surface area contributed by atoms with Gasteiger partial charge in [0.25, 0.3) is 0 Å². The Kier molecular flexibility index (Phi) is 3.29. The highest BCUT2D eigenvalue weighted by Gasteiger charge is 2.18.